The summed E-state index contributed by atoms with van der Waals surface area (Å²) in [5.74, 6) is 0.164. The molecule has 40 heavy (non-hydrogen) atoms. The smallest absolute Gasteiger partial charge is 0.248 e. The van der Waals surface area contributed by atoms with Crippen LogP contribution in [0.2, 0.25) is 5.02 Å². The monoisotopic (exact) mass is 585 g/mol. The van der Waals surface area contributed by atoms with Crippen LogP contribution in [0.5, 0.6) is 5.75 Å². The minimum Gasteiger partial charge on any atom is -0.495 e. The van der Waals surface area contributed by atoms with Crippen LogP contribution in [0.3, 0.4) is 0 Å². The molecule has 3 aromatic rings. The van der Waals surface area contributed by atoms with Crippen LogP contribution in [-0.4, -0.2) is 74.3 Å². The van der Waals surface area contributed by atoms with Crippen molar-refractivity contribution in [2.24, 2.45) is 0 Å². The van der Waals surface area contributed by atoms with Gasteiger partial charge in [0.1, 0.15) is 17.9 Å². The van der Waals surface area contributed by atoms with E-state index >= 15 is 0 Å². The number of nitrogens with one attached hydrogen (secondary N) is 4. The third-order valence-electron chi connectivity index (χ3n) is 5.44. The van der Waals surface area contributed by atoms with Crippen molar-refractivity contribution < 1.29 is 18.9 Å². The second kappa shape index (κ2) is 13.9. The zero-order valence-electron chi connectivity index (χ0n) is 23.0. The van der Waals surface area contributed by atoms with Crippen LogP contribution in [0.15, 0.2) is 60.8 Å². The van der Waals surface area contributed by atoms with E-state index in [1.807, 2.05) is 31.1 Å². The molecule has 4 N–H and O–H groups in total. The number of halogens is 1. The molecular formula is C27H33ClN7O4P. The zero-order valence-corrected chi connectivity index (χ0v) is 24.6. The number of anilines is 5. The van der Waals surface area contributed by atoms with Gasteiger partial charge in [-0.3, -0.25) is 9.59 Å². The average Bonchev–Trinajstić information content (AvgIpc) is 2.89. The maximum Gasteiger partial charge on any atom is 0.248 e. The fourth-order valence-electron chi connectivity index (χ4n) is 3.49. The second-order valence-corrected chi connectivity index (χ2v) is 12.9. The number of benzene rings is 2. The van der Waals surface area contributed by atoms with Crippen molar-refractivity contribution in [3.63, 3.8) is 0 Å². The third-order valence-corrected chi connectivity index (χ3v) is 7.27. The summed E-state index contributed by atoms with van der Waals surface area (Å²) < 4.78 is 18.2. The Balaban J connectivity index is 1.75. The average molecular weight is 586 g/mol. The van der Waals surface area contributed by atoms with Crippen molar-refractivity contribution in [2.45, 2.75) is 0 Å². The van der Waals surface area contributed by atoms with Crippen LogP contribution in [0, 0.1) is 0 Å². The molecule has 2 aromatic carbocycles. The van der Waals surface area contributed by atoms with E-state index in [1.165, 1.54) is 19.4 Å². The molecule has 0 fully saturated rings. The first-order valence-electron chi connectivity index (χ1n) is 12.3. The summed E-state index contributed by atoms with van der Waals surface area (Å²) in [6.07, 6.45) is 3.77. The molecule has 0 aliphatic rings. The van der Waals surface area contributed by atoms with Gasteiger partial charge in [-0.25, -0.2) is 4.98 Å². The van der Waals surface area contributed by atoms with Gasteiger partial charge in [0.05, 0.1) is 24.7 Å². The van der Waals surface area contributed by atoms with Gasteiger partial charge in [0.2, 0.25) is 17.8 Å². The van der Waals surface area contributed by atoms with E-state index in [1.54, 1.807) is 43.7 Å². The Hall–Kier alpha value is -3.92. The van der Waals surface area contributed by atoms with E-state index in [0.717, 1.165) is 6.08 Å². The van der Waals surface area contributed by atoms with E-state index in [4.69, 9.17) is 16.3 Å². The number of hydrogen-bond donors (Lipinski definition) is 4. The molecule has 0 atom stereocenters. The first-order chi connectivity index (χ1) is 19.0. The maximum atomic E-state index is 12.8. The number of carbonyl (C=O) groups is 2. The highest BCUT2D eigenvalue weighted by molar-refractivity contribution is 7.70. The van der Waals surface area contributed by atoms with Gasteiger partial charge in [-0.2, -0.15) is 4.98 Å². The highest BCUT2D eigenvalue weighted by Gasteiger charge is 2.17. The summed E-state index contributed by atoms with van der Waals surface area (Å²) in [6, 6.07) is 12.2. The lowest BCUT2D eigenvalue weighted by molar-refractivity contribution is -0.117. The molecule has 0 aliphatic heterocycles. The molecule has 0 unspecified atom stereocenters. The number of nitrogens with zero attached hydrogens (tertiary/aromatic N) is 3. The minimum atomic E-state index is -2.57. The molecule has 0 radical (unpaired) electrons. The van der Waals surface area contributed by atoms with Gasteiger partial charge < -0.3 is 35.5 Å². The first kappa shape index (κ1) is 30.6. The standard InChI is InChI=1S/C27H33ClN7O4P/c1-35(2)15-14-29-24(36)12-13-25(37)31-18-10-11-22(39-3)21(16-18)33-27-30-17-19(28)26(34-27)32-20-8-6-7-9-23(20)40(4,5)38/h6-13,16-17H,14-15H2,1-5H3,(H,29,36)(H,31,37)(H2,30,32,33,34)/b13-12+. The van der Waals surface area contributed by atoms with Gasteiger partial charge in [0, 0.05) is 36.2 Å². The largest absolute Gasteiger partial charge is 0.495 e. The van der Waals surface area contributed by atoms with Crippen molar-refractivity contribution in [1.29, 1.82) is 0 Å². The number of likely N-dealkylation sites (N-methyl/N-ethyl adjacent to an activating group) is 1. The molecule has 0 saturated carbocycles. The molecule has 2 amide bonds. The number of ether oxygens (including phenoxy) is 1. The lowest BCUT2D eigenvalue weighted by Crippen LogP contribution is -2.30. The SMILES string of the molecule is COc1ccc(NC(=O)/C=C/C(=O)NCCN(C)C)cc1Nc1ncc(Cl)c(Nc2ccccc2P(C)(C)=O)n1. The van der Waals surface area contributed by atoms with Crippen LogP contribution in [0.25, 0.3) is 0 Å². The van der Waals surface area contributed by atoms with Crippen LogP contribution in [0.4, 0.5) is 28.8 Å². The molecule has 13 heteroatoms. The Morgan fingerprint density at radius 3 is 2.48 bits per heavy atom. The van der Waals surface area contributed by atoms with Crippen LogP contribution in [-0.2, 0) is 14.2 Å². The van der Waals surface area contributed by atoms with Gasteiger partial charge in [0.25, 0.3) is 0 Å². The molecule has 3 rings (SSSR count). The Bertz CT molecular complexity index is 1440. The van der Waals surface area contributed by atoms with Gasteiger partial charge in [-0.15, -0.1) is 0 Å². The summed E-state index contributed by atoms with van der Waals surface area (Å²) >= 11 is 6.36. The summed E-state index contributed by atoms with van der Waals surface area (Å²) in [6.45, 7) is 4.54. The topological polar surface area (TPSA) is 138 Å². The van der Waals surface area contributed by atoms with Gasteiger partial charge in [0.15, 0.2) is 5.82 Å². The normalized spacial score (nSPS) is 11.4. The maximum absolute atomic E-state index is 12.8. The lowest BCUT2D eigenvalue weighted by atomic mass is 10.2. The Morgan fingerprint density at radius 1 is 1.05 bits per heavy atom. The molecule has 212 valence electrons. The summed E-state index contributed by atoms with van der Waals surface area (Å²) in [5.41, 5.74) is 1.56. The molecular weight excluding hydrogens is 553 g/mol. The van der Waals surface area contributed by atoms with E-state index in [2.05, 4.69) is 31.2 Å². The number of hydrogen-bond acceptors (Lipinski definition) is 9. The van der Waals surface area contributed by atoms with E-state index < -0.39 is 13.0 Å². The molecule has 11 nitrogen and oxygen atoms in total. The number of carbonyl (C=O) groups excluding carboxylic acids is 2. The van der Waals surface area contributed by atoms with Crippen LogP contribution in [0.1, 0.15) is 0 Å². The van der Waals surface area contributed by atoms with Crippen molar-refractivity contribution in [1.82, 2.24) is 20.2 Å². The van der Waals surface area contributed by atoms with Crippen LogP contribution >= 0.6 is 18.7 Å². The van der Waals surface area contributed by atoms with Gasteiger partial charge in [-0.1, -0.05) is 23.7 Å². The lowest BCUT2D eigenvalue weighted by Gasteiger charge is -2.16. The Kier molecular flexibility index (Phi) is 10.7. The summed E-state index contributed by atoms with van der Waals surface area (Å²) in [4.78, 5) is 34.9. The van der Waals surface area contributed by atoms with Crippen molar-refractivity contribution >= 4 is 64.7 Å². The van der Waals surface area contributed by atoms with Crippen molar-refractivity contribution in [3.05, 3.63) is 65.8 Å². The van der Waals surface area contributed by atoms with E-state index in [9.17, 15) is 14.2 Å². The second-order valence-electron chi connectivity index (χ2n) is 9.34. The quantitative estimate of drug-likeness (QED) is 0.183. The molecule has 0 bridgehead atoms. The number of methoxy groups -OCH3 is 1. The van der Waals surface area contributed by atoms with Crippen molar-refractivity contribution in [2.75, 3.05) is 63.6 Å². The minimum absolute atomic E-state index is 0.205. The highest BCUT2D eigenvalue weighted by Crippen LogP contribution is 2.39. The molecule has 1 heterocycles. The predicted octanol–water partition coefficient (Wildman–Crippen LogP) is 4.05. The zero-order chi connectivity index (χ0) is 29.3. The third kappa shape index (κ3) is 9.08. The number of amides is 2. The summed E-state index contributed by atoms with van der Waals surface area (Å²) in [5, 5.41) is 12.6. The summed E-state index contributed by atoms with van der Waals surface area (Å²) in [7, 11) is 2.75. The first-order valence-corrected chi connectivity index (χ1v) is 15.2. The van der Waals surface area contributed by atoms with Gasteiger partial charge >= 0.3 is 0 Å². The number of aromatic nitrogens is 2. The Labute approximate surface area is 238 Å². The molecule has 0 aliphatic carbocycles. The predicted molar refractivity (Wildman–Crippen MR) is 161 cm³/mol. The molecule has 0 saturated heterocycles. The Morgan fingerprint density at radius 2 is 1.77 bits per heavy atom. The molecule has 1 aromatic heterocycles. The van der Waals surface area contributed by atoms with Crippen molar-refractivity contribution in [3.8, 4) is 5.75 Å². The fourth-order valence-corrected chi connectivity index (χ4v) is 4.79. The van der Waals surface area contributed by atoms with Gasteiger partial charge in [-0.05, 0) is 57.8 Å². The number of para-hydroxylation sites is 1. The van der Waals surface area contributed by atoms with Crippen LogP contribution < -0.4 is 31.3 Å². The van der Waals surface area contributed by atoms with E-state index in [-0.39, 0.29) is 16.9 Å². The molecule has 0 spiro atoms. The highest BCUT2D eigenvalue weighted by atomic mass is 35.5. The van der Waals surface area contributed by atoms with E-state index in [0.29, 0.717) is 47.0 Å². The number of rotatable bonds is 12. The fraction of sp³-hybridized carbons (Fsp3) is 0.259.